The van der Waals surface area contributed by atoms with Crippen molar-refractivity contribution >= 4 is 5.97 Å². The maximum Gasteiger partial charge on any atom is 0.416 e. The zero-order chi connectivity index (χ0) is 17.4. The summed E-state index contributed by atoms with van der Waals surface area (Å²) < 4.78 is 39.0. The van der Waals surface area contributed by atoms with E-state index >= 15 is 0 Å². The van der Waals surface area contributed by atoms with E-state index in [4.69, 9.17) is 0 Å². The molecule has 1 aromatic heterocycles. The van der Waals surface area contributed by atoms with Crippen LogP contribution in [0.15, 0.2) is 35.1 Å². The predicted molar refractivity (Wildman–Crippen MR) is 78.1 cm³/mol. The Morgan fingerprint density at radius 2 is 1.78 bits per heavy atom. The summed E-state index contributed by atoms with van der Waals surface area (Å²) in [6, 6.07) is 5.21. The second-order valence-electron chi connectivity index (χ2n) is 5.03. The molecule has 1 aromatic carbocycles. The Hall–Kier alpha value is -2.57. The molecule has 0 aliphatic rings. The highest BCUT2D eigenvalue weighted by Gasteiger charge is 2.30. The van der Waals surface area contributed by atoms with Gasteiger partial charge in [-0.25, -0.2) is 4.79 Å². The molecule has 2 rings (SSSR count). The van der Waals surface area contributed by atoms with E-state index in [0.717, 1.165) is 28.8 Å². The van der Waals surface area contributed by atoms with Crippen LogP contribution in [0.4, 0.5) is 13.2 Å². The van der Waals surface area contributed by atoms with Crippen molar-refractivity contribution in [2.45, 2.75) is 26.4 Å². The number of aromatic nitrogens is 1. The maximum atomic E-state index is 12.6. The number of carbonyl (C=O) groups is 1. The number of benzene rings is 1. The Morgan fingerprint density at radius 1 is 1.22 bits per heavy atom. The van der Waals surface area contributed by atoms with E-state index in [1.54, 1.807) is 6.92 Å². The van der Waals surface area contributed by atoms with Crippen LogP contribution >= 0.6 is 0 Å². The summed E-state index contributed by atoms with van der Waals surface area (Å²) in [7, 11) is 0. The molecule has 7 heteroatoms. The van der Waals surface area contributed by atoms with Gasteiger partial charge in [0.1, 0.15) is 0 Å². The van der Waals surface area contributed by atoms with Crippen LogP contribution < -0.4 is 5.56 Å². The van der Waals surface area contributed by atoms with Crippen LogP contribution in [0, 0.1) is 6.92 Å². The van der Waals surface area contributed by atoms with E-state index < -0.39 is 23.3 Å². The van der Waals surface area contributed by atoms with Crippen LogP contribution in [0.2, 0.25) is 0 Å². The summed E-state index contributed by atoms with van der Waals surface area (Å²) in [6.45, 7) is 3.20. The summed E-state index contributed by atoms with van der Waals surface area (Å²) in [5.74, 6) is -1.18. The molecule has 0 saturated heterocycles. The third kappa shape index (κ3) is 3.13. The zero-order valence-corrected chi connectivity index (χ0v) is 12.4. The highest BCUT2D eigenvalue weighted by Crippen LogP contribution is 2.29. The van der Waals surface area contributed by atoms with Gasteiger partial charge in [-0.1, -0.05) is 6.92 Å². The molecule has 0 spiro atoms. The van der Waals surface area contributed by atoms with Crippen molar-refractivity contribution in [2.75, 3.05) is 0 Å². The first-order chi connectivity index (χ1) is 10.7. The number of carboxylic acids is 1. The van der Waals surface area contributed by atoms with Crippen molar-refractivity contribution in [3.8, 4) is 5.69 Å². The van der Waals surface area contributed by atoms with E-state index in [1.807, 2.05) is 0 Å². The number of pyridine rings is 1. The average Bonchev–Trinajstić information content (AvgIpc) is 2.45. The van der Waals surface area contributed by atoms with Gasteiger partial charge in [0.25, 0.3) is 5.56 Å². The van der Waals surface area contributed by atoms with Gasteiger partial charge in [0.05, 0.1) is 11.1 Å². The SMILES string of the molecule is CCc1c(C(=O)O)c(C)cc(=O)n1-c1ccc(C(F)(F)F)cc1. The van der Waals surface area contributed by atoms with Crippen molar-refractivity contribution in [3.63, 3.8) is 0 Å². The van der Waals surface area contributed by atoms with E-state index in [9.17, 15) is 27.9 Å². The summed E-state index contributed by atoms with van der Waals surface area (Å²) in [5.41, 5.74) is -0.554. The van der Waals surface area contributed by atoms with Crippen LogP contribution in [-0.4, -0.2) is 15.6 Å². The molecule has 4 nitrogen and oxygen atoms in total. The zero-order valence-electron chi connectivity index (χ0n) is 12.4. The van der Waals surface area contributed by atoms with Gasteiger partial charge in [0.15, 0.2) is 0 Å². The molecule has 0 aliphatic heterocycles. The molecule has 1 heterocycles. The third-order valence-electron chi connectivity index (χ3n) is 3.51. The third-order valence-corrected chi connectivity index (χ3v) is 3.51. The Bertz CT molecular complexity index is 805. The molecule has 0 unspecified atom stereocenters. The quantitative estimate of drug-likeness (QED) is 0.940. The standard InChI is InChI=1S/C16H14F3NO3/c1-3-12-14(15(22)23)9(2)8-13(21)20(12)11-6-4-10(5-7-11)16(17,18)19/h4-8H,3H2,1-2H3,(H,22,23). The van der Waals surface area contributed by atoms with Gasteiger partial charge >= 0.3 is 12.1 Å². The number of rotatable bonds is 3. The number of carboxylic acid groups (broad SMARTS) is 1. The fraction of sp³-hybridized carbons (Fsp3) is 0.250. The molecule has 0 fully saturated rings. The van der Waals surface area contributed by atoms with E-state index in [-0.39, 0.29) is 23.4 Å². The van der Waals surface area contributed by atoms with Gasteiger partial charge in [-0.15, -0.1) is 0 Å². The van der Waals surface area contributed by atoms with Gasteiger partial charge < -0.3 is 5.11 Å². The van der Waals surface area contributed by atoms with Crippen LogP contribution in [0.3, 0.4) is 0 Å². The lowest BCUT2D eigenvalue weighted by Crippen LogP contribution is -2.25. The summed E-state index contributed by atoms with van der Waals surface area (Å²) in [5, 5.41) is 9.33. The molecule has 0 bridgehead atoms. The van der Waals surface area contributed by atoms with E-state index in [1.165, 1.54) is 13.0 Å². The Labute approximate surface area is 129 Å². The lowest BCUT2D eigenvalue weighted by atomic mass is 10.0. The molecule has 2 aromatic rings. The Kier molecular flexibility index (Phi) is 4.31. The first kappa shape index (κ1) is 16.8. The van der Waals surface area contributed by atoms with Crippen molar-refractivity contribution in [3.05, 3.63) is 63.1 Å². The molecule has 0 aliphatic carbocycles. The minimum Gasteiger partial charge on any atom is -0.478 e. The molecule has 0 radical (unpaired) electrons. The summed E-state index contributed by atoms with van der Waals surface area (Å²) >= 11 is 0. The first-order valence-corrected chi connectivity index (χ1v) is 6.83. The first-order valence-electron chi connectivity index (χ1n) is 6.83. The second-order valence-corrected chi connectivity index (χ2v) is 5.03. The molecule has 0 saturated carbocycles. The van der Waals surface area contributed by atoms with Crippen molar-refractivity contribution in [1.82, 2.24) is 4.57 Å². The van der Waals surface area contributed by atoms with Gasteiger partial charge in [0, 0.05) is 17.4 Å². The molecule has 122 valence electrons. The lowest BCUT2D eigenvalue weighted by molar-refractivity contribution is -0.137. The highest BCUT2D eigenvalue weighted by molar-refractivity contribution is 5.90. The second kappa shape index (κ2) is 5.91. The van der Waals surface area contributed by atoms with Crippen LogP contribution in [0.5, 0.6) is 0 Å². The average molecular weight is 325 g/mol. The van der Waals surface area contributed by atoms with Gasteiger partial charge in [0.2, 0.25) is 0 Å². The molecular formula is C16H14F3NO3. The summed E-state index contributed by atoms with van der Waals surface area (Å²) in [6.07, 6.45) is -4.23. The van der Waals surface area contributed by atoms with Crippen molar-refractivity contribution < 1.29 is 23.1 Å². The molecule has 23 heavy (non-hydrogen) atoms. The molecule has 1 N–H and O–H groups in total. The number of hydrogen-bond acceptors (Lipinski definition) is 2. The summed E-state index contributed by atoms with van der Waals surface area (Å²) in [4.78, 5) is 23.6. The number of nitrogens with zero attached hydrogens (tertiary/aromatic N) is 1. The van der Waals surface area contributed by atoms with E-state index in [2.05, 4.69) is 0 Å². The van der Waals surface area contributed by atoms with Gasteiger partial charge in [-0.3, -0.25) is 9.36 Å². The minimum atomic E-state index is -4.48. The number of aryl methyl sites for hydroxylation is 1. The highest BCUT2D eigenvalue weighted by atomic mass is 19.4. The topological polar surface area (TPSA) is 59.3 Å². The normalized spacial score (nSPS) is 11.5. The number of halogens is 3. The van der Waals surface area contributed by atoms with Gasteiger partial charge in [-0.2, -0.15) is 13.2 Å². The Morgan fingerprint density at radius 3 is 2.22 bits per heavy atom. The largest absolute Gasteiger partial charge is 0.478 e. The monoisotopic (exact) mass is 325 g/mol. The van der Waals surface area contributed by atoms with Crippen LogP contribution in [0.25, 0.3) is 5.69 Å². The van der Waals surface area contributed by atoms with Gasteiger partial charge in [-0.05, 0) is 43.2 Å². The molecule has 0 atom stereocenters. The lowest BCUT2D eigenvalue weighted by Gasteiger charge is -2.16. The smallest absolute Gasteiger partial charge is 0.416 e. The van der Waals surface area contributed by atoms with E-state index in [0.29, 0.717) is 5.56 Å². The number of alkyl halides is 3. The van der Waals surface area contributed by atoms with Crippen LogP contribution in [-0.2, 0) is 12.6 Å². The fourth-order valence-electron chi connectivity index (χ4n) is 2.50. The number of hydrogen-bond donors (Lipinski definition) is 1. The van der Waals surface area contributed by atoms with Crippen molar-refractivity contribution in [2.24, 2.45) is 0 Å². The van der Waals surface area contributed by atoms with Crippen molar-refractivity contribution in [1.29, 1.82) is 0 Å². The fourth-order valence-corrected chi connectivity index (χ4v) is 2.50. The molecular weight excluding hydrogens is 311 g/mol. The van der Waals surface area contributed by atoms with Crippen LogP contribution in [0.1, 0.15) is 34.1 Å². The maximum absolute atomic E-state index is 12.6. The Balaban J connectivity index is 2.71. The number of aromatic carboxylic acids is 1. The minimum absolute atomic E-state index is 0.00741. The predicted octanol–water partition coefficient (Wildman–Crippen LogP) is 3.43. The molecule has 0 amide bonds.